The van der Waals surface area contributed by atoms with Gasteiger partial charge >= 0.3 is 12.1 Å². The van der Waals surface area contributed by atoms with Crippen molar-refractivity contribution in [3.05, 3.63) is 65.2 Å². The van der Waals surface area contributed by atoms with E-state index in [0.717, 1.165) is 12.0 Å². The number of piperazine rings is 1. The smallest absolute Gasteiger partial charge is 0.407 e. The molecule has 0 bridgehead atoms. The Balaban J connectivity index is 1.24. The predicted octanol–water partition coefficient (Wildman–Crippen LogP) is 4.54. The number of piperidine rings is 1. The Morgan fingerprint density at radius 2 is 1.83 bits per heavy atom. The number of ether oxygens (including phenoxy) is 1. The van der Waals surface area contributed by atoms with Crippen molar-refractivity contribution in [1.82, 2.24) is 20.4 Å². The molecule has 220 valence electrons. The van der Waals surface area contributed by atoms with Crippen LogP contribution in [0.25, 0.3) is 0 Å². The Bertz CT molecular complexity index is 1220. The topological polar surface area (TPSA) is 120 Å². The van der Waals surface area contributed by atoms with Crippen molar-refractivity contribution in [2.24, 2.45) is 0 Å². The van der Waals surface area contributed by atoms with Gasteiger partial charge in [-0.2, -0.15) is 0 Å². The summed E-state index contributed by atoms with van der Waals surface area (Å²) in [4.78, 5) is 55.2. The van der Waals surface area contributed by atoms with Crippen LogP contribution in [0.15, 0.2) is 54.6 Å². The fourth-order valence-corrected chi connectivity index (χ4v) is 5.59. The Morgan fingerprint density at radius 1 is 1.07 bits per heavy atom. The summed E-state index contributed by atoms with van der Waals surface area (Å²) < 4.78 is 5.22. The Labute approximate surface area is 245 Å². The molecule has 2 aromatic rings. The van der Waals surface area contributed by atoms with E-state index in [9.17, 15) is 19.2 Å². The van der Waals surface area contributed by atoms with Gasteiger partial charge in [0, 0.05) is 36.9 Å². The molecule has 11 heteroatoms. The molecule has 2 fully saturated rings. The van der Waals surface area contributed by atoms with Gasteiger partial charge in [-0.25, -0.2) is 9.59 Å². The standard InChI is InChI=1S/C30H38ClN5O5/c1-2-17-36-26(37)25(13-6-7-16-32-29(40)41-21-22-9-4-3-5-10-22)34-27(38)30(36)14-18-35(19-15-30)28(39)33-24-12-8-11-23(31)20-24/h3-5,8-12,20,25H,2,6-7,13-19,21H2,1H3,(H,32,40)(H,33,39)(H,34,38)/t25-/m0/s1. The number of rotatable bonds is 10. The van der Waals surface area contributed by atoms with Crippen LogP contribution in [0, 0.1) is 0 Å². The SMILES string of the molecule is CCCN1C(=O)[C@H](CCCCNC(=O)OCc2ccccc2)NC(=O)C12CCN(C(=O)Nc1cccc(Cl)c1)CC2. The van der Waals surface area contributed by atoms with E-state index in [-0.39, 0.29) is 24.5 Å². The van der Waals surface area contributed by atoms with Crippen molar-refractivity contribution in [3.8, 4) is 0 Å². The van der Waals surface area contributed by atoms with E-state index in [1.165, 1.54) is 0 Å². The number of halogens is 1. The van der Waals surface area contributed by atoms with Crippen LogP contribution in [0.2, 0.25) is 5.02 Å². The second kappa shape index (κ2) is 14.2. The van der Waals surface area contributed by atoms with E-state index in [1.54, 1.807) is 34.1 Å². The summed E-state index contributed by atoms with van der Waals surface area (Å²) in [5.41, 5.74) is 0.554. The molecule has 1 atom stereocenters. The first-order valence-corrected chi connectivity index (χ1v) is 14.6. The molecule has 0 radical (unpaired) electrons. The second-order valence-electron chi connectivity index (χ2n) is 10.5. The molecule has 1 spiro atoms. The fraction of sp³-hybridized carbons (Fsp3) is 0.467. The number of carbonyl (C=O) groups is 4. The van der Waals surface area contributed by atoms with Gasteiger partial charge in [-0.1, -0.05) is 54.9 Å². The highest BCUT2D eigenvalue weighted by molar-refractivity contribution is 6.30. The summed E-state index contributed by atoms with van der Waals surface area (Å²) in [6.07, 6.45) is 2.76. The molecule has 3 N–H and O–H groups in total. The minimum absolute atomic E-state index is 0.0847. The highest BCUT2D eigenvalue weighted by Crippen LogP contribution is 2.34. The zero-order valence-electron chi connectivity index (χ0n) is 23.4. The van der Waals surface area contributed by atoms with Crippen LogP contribution in [0.1, 0.15) is 51.0 Å². The molecule has 5 amide bonds. The van der Waals surface area contributed by atoms with Gasteiger partial charge in [0.2, 0.25) is 11.8 Å². The molecular weight excluding hydrogens is 546 g/mol. The van der Waals surface area contributed by atoms with Gasteiger partial charge in [0.15, 0.2) is 0 Å². The maximum absolute atomic E-state index is 13.5. The van der Waals surface area contributed by atoms with E-state index < -0.39 is 17.7 Å². The number of hydrogen-bond acceptors (Lipinski definition) is 5. The quantitative estimate of drug-likeness (QED) is 0.355. The van der Waals surface area contributed by atoms with Crippen LogP contribution in [-0.4, -0.2) is 71.5 Å². The molecule has 2 aromatic carbocycles. The maximum Gasteiger partial charge on any atom is 0.407 e. The summed E-state index contributed by atoms with van der Waals surface area (Å²) in [5.74, 6) is -0.244. The predicted molar refractivity (Wildman–Crippen MR) is 156 cm³/mol. The average molecular weight is 584 g/mol. The van der Waals surface area contributed by atoms with E-state index >= 15 is 0 Å². The van der Waals surface area contributed by atoms with Crippen molar-refractivity contribution in [2.45, 2.75) is 63.6 Å². The summed E-state index contributed by atoms with van der Waals surface area (Å²) in [6.45, 7) is 3.78. The summed E-state index contributed by atoms with van der Waals surface area (Å²) in [7, 11) is 0. The van der Waals surface area contributed by atoms with Crippen LogP contribution in [0.4, 0.5) is 15.3 Å². The summed E-state index contributed by atoms with van der Waals surface area (Å²) in [5, 5.41) is 9.07. The molecule has 0 unspecified atom stereocenters. The number of likely N-dealkylation sites (tertiary alicyclic amines) is 1. The van der Waals surface area contributed by atoms with E-state index in [2.05, 4.69) is 16.0 Å². The van der Waals surface area contributed by atoms with Gasteiger partial charge in [0.25, 0.3) is 0 Å². The van der Waals surface area contributed by atoms with Crippen molar-refractivity contribution in [1.29, 1.82) is 0 Å². The third-order valence-electron chi connectivity index (χ3n) is 7.61. The van der Waals surface area contributed by atoms with Gasteiger partial charge in [-0.15, -0.1) is 0 Å². The first kappa shape index (κ1) is 30.2. The number of unbranched alkanes of at least 4 members (excludes halogenated alkanes) is 1. The van der Waals surface area contributed by atoms with E-state index in [4.69, 9.17) is 16.3 Å². The number of urea groups is 1. The first-order chi connectivity index (χ1) is 19.8. The number of amides is 5. The van der Waals surface area contributed by atoms with Crippen molar-refractivity contribution < 1.29 is 23.9 Å². The highest BCUT2D eigenvalue weighted by atomic mass is 35.5. The van der Waals surface area contributed by atoms with Gasteiger partial charge in [-0.3, -0.25) is 9.59 Å². The van der Waals surface area contributed by atoms with Gasteiger partial charge in [0.05, 0.1) is 0 Å². The van der Waals surface area contributed by atoms with Crippen LogP contribution in [0.5, 0.6) is 0 Å². The number of nitrogens with one attached hydrogen (secondary N) is 3. The third-order valence-corrected chi connectivity index (χ3v) is 7.85. The molecule has 0 saturated carbocycles. The van der Waals surface area contributed by atoms with Crippen LogP contribution in [0.3, 0.4) is 0 Å². The molecule has 2 saturated heterocycles. The van der Waals surface area contributed by atoms with E-state index in [1.807, 2.05) is 37.3 Å². The lowest BCUT2D eigenvalue weighted by molar-refractivity contribution is -0.160. The number of benzene rings is 2. The highest BCUT2D eigenvalue weighted by Gasteiger charge is 2.53. The Hall–Kier alpha value is -3.79. The lowest BCUT2D eigenvalue weighted by atomic mass is 9.81. The van der Waals surface area contributed by atoms with Crippen molar-refractivity contribution >= 4 is 41.2 Å². The lowest BCUT2D eigenvalue weighted by Crippen LogP contribution is -2.73. The number of carbonyl (C=O) groups excluding carboxylic acids is 4. The van der Waals surface area contributed by atoms with Crippen LogP contribution in [-0.2, 0) is 20.9 Å². The lowest BCUT2D eigenvalue weighted by Gasteiger charge is -2.51. The zero-order chi connectivity index (χ0) is 29.2. The van der Waals surface area contributed by atoms with Gasteiger partial charge < -0.3 is 30.5 Å². The van der Waals surface area contributed by atoms with E-state index in [0.29, 0.717) is 69.0 Å². The normalized spacial score (nSPS) is 18.1. The molecule has 2 aliphatic heterocycles. The molecule has 2 aliphatic rings. The van der Waals surface area contributed by atoms with Crippen molar-refractivity contribution in [3.63, 3.8) is 0 Å². The maximum atomic E-state index is 13.5. The molecule has 2 heterocycles. The largest absolute Gasteiger partial charge is 0.445 e. The molecule has 10 nitrogen and oxygen atoms in total. The third kappa shape index (κ3) is 7.70. The molecule has 0 aromatic heterocycles. The summed E-state index contributed by atoms with van der Waals surface area (Å²) in [6, 6.07) is 15.5. The van der Waals surface area contributed by atoms with Gasteiger partial charge in [0.1, 0.15) is 18.2 Å². The molecule has 41 heavy (non-hydrogen) atoms. The Kier molecular flexibility index (Phi) is 10.5. The van der Waals surface area contributed by atoms with Crippen LogP contribution < -0.4 is 16.0 Å². The minimum atomic E-state index is -0.958. The second-order valence-corrected chi connectivity index (χ2v) is 10.9. The van der Waals surface area contributed by atoms with Gasteiger partial charge in [-0.05, 0) is 62.3 Å². The number of hydrogen-bond donors (Lipinski definition) is 3. The van der Waals surface area contributed by atoms with Crippen LogP contribution >= 0.6 is 11.6 Å². The Morgan fingerprint density at radius 3 is 2.54 bits per heavy atom. The van der Waals surface area contributed by atoms with Crippen molar-refractivity contribution in [2.75, 3.05) is 31.5 Å². The summed E-state index contributed by atoms with van der Waals surface area (Å²) >= 11 is 6.02. The molecule has 0 aliphatic carbocycles. The average Bonchev–Trinajstić information content (AvgIpc) is 2.97. The molecular formula is C30H38ClN5O5. The number of nitrogens with zero attached hydrogens (tertiary/aromatic N) is 2. The fourth-order valence-electron chi connectivity index (χ4n) is 5.40. The number of alkyl carbamates (subject to hydrolysis) is 1. The molecule has 4 rings (SSSR count). The monoisotopic (exact) mass is 583 g/mol. The number of anilines is 1. The zero-order valence-corrected chi connectivity index (χ0v) is 24.1. The first-order valence-electron chi connectivity index (χ1n) is 14.2. The minimum Gasteiger partial charge on any atom is -0.445 e.